The molecule has 2 nitrogen and oxygen atoms in total. The third-order valence-corrected chi connectivity index (χ3v) is 23.9. The summed E-state index contributed by atoms with van der Waals surface area (Å²) in [6.45, 7) is 8.71. The lowest BCUT2D eigenvalue weighted by Gasteiger charge is -2.45. The van der Waals surface area contributed by atoms with E-state index in [1.165, 1.54) is 209 Å². The van der Waals surface area contributed by atoms with Crippen LogP contribution >= 0.6 is 0 Å². The van der Waals surface area contributed by atoms with Crippen LogP contribution in [0.25, 0.3) is 131 Å². The van der Waals surface area contributed by atoms with Crippen molar-refractivity contribution in [3.05, 3.63) is 379 Å². The van der Waals surface area contributed by atoms with Gasteiger partial charge in [-0.2, -0.15) is 0 Å². The fraction of sp³-hybridized carbons (Fsp3) is 0.105. The van der Waals surface area contributed by atoms with E-state index in [1.807, 2.05) is 0 Å². The van der Waals surface area contributed by atoms with Crippen LogP contribution in [0, 0.1) is 5.41 Å². The second-order valence-electron chi connectivity index (χ2n) is 31.8. The van der Waals surface area contributed by atoms with E-state index in [9.17, 15) is 0 Å². The van der Waals surface area contributed by atoms with Crippen LogP contribution in [-0.2, 0) is 32.1 Å². The van der Waals surface area contributed by atoms with Crippen LogP contribution in [0.4, 0.5) is 22.7 Å². The van der Waals surface area contributed by atoms with Gasteiger partial charge in [0.25, 0.3) is 6.71 Å². The van der Waals surface area contributed by atoms with Crippen molar-refractivity contribution in [2.75, 3.05) is 22.9 Å². The fourth-order valence-corrected chi connectivity index (χ4v) is 19.5. The fourth-order valence-electron chi connectivity index (χ4n) is 19.5. The second-order valence-corrected chi connectivity index (χ2v) is 31.8. The summed E-state index contributed by atoms with van der Waals surface area (Å²) in [5.74, 6) is 0. The van der Waals surface area contributed by atoms with Crippen LogP contribution in [0.1, 0.15) is 59.7 Å². The third-order valence-electron chi connectivity index (χ3n) is 23.9. The van der Waals surface area contributed by atoms with Gasteiger partial charge < -0.3 is 9.80 Å². The molecule has 3 heteroatoms. The van der Waals surface area contributed by atoms with Gasteiger partial charge in [0.1, 0.15) is 0 Å². The summed E-state index contributed by atoms with van der Waals surface area (Å²) in [5, 5.41) is 21.2. The van der Waals surface area contributed by atoms with Crippen molar-refractivity contribution in [2.24, 2.45) is 5.41 Å². The lowest BCUT2D eigenvalue weighted by molar-refractivity contribution is 0.411. The molecule has 0 atom stereocenters. The normalized spacial score (nSPS) is 12.8. The van der Waals surface area contributed by atoms with Crippen molar-refractivity contribution in [2.45, 2.75) is 52.9 Å². The standard InChI is InChI=1S/C105H79BN2/c1-105(2,3)66-71-64-98-104-99(65-71)108(55-53-85-82(74-28-12-6-13-29-74)40-23-41-83(85)75-30-14-7-15-31-75)97-63-68(57-70-59-79-37-21-45-89-87-43-17-33-77-35-19-47-91(101(77)87)93(61-70)103(79)89)49-51-95(97)106(104)94-50-48-67(56-69-58-78-36-20-44-88-86-42-16-32-76-34-18-46-90(100(76)86)92(60-69)102(78)88)62-96(94)107(98)54-52-84-80(72-24-8-4-9-25-72)38-22-39-81(84)73-26-10-5-11-27-73/h4-51,58-65H,52-57,66H2,1-3H3. The minimum Gasteiger partial charge on any atom is -0.342 e. The molecular formula is C105H79BN2. The van der Waals surface area contributed by atoms with Gasteiger partial charge in [0.05, 0.1) is 0 Å². The predicted molar refractivity (Wildman–Crippen MR) is 464 cm³/mol. The molecule has 21 rings (SSSR count). The van der Waals surface area contributed by atoms with Crippen molar-refractivity contribution in [1.82, 2.24) is 0 Å². The topological polar surface area (TPSA) is 6.48 Å². The Kier molecular flexibility index (Phi) is 15.1. The molecule has 0 aliphatic carbocycles. The van der Waals surface area contributed by atoms with Crippen LogP contribution in [0.5, 0.6) is 0 Å². The van der Waals surface area contributed by atoms with E-state index in [0.717, 1.165) is 45.2 Å². The minimum absolute atomic E-state index is 0.00493. The monoisotopic (exact) mass is 1380 g/mol. The van der Waals surface area contributed by atoms with Crippen LogP contribution in [0.15, 0.2) is 340 Å². The van der Waals surface area contributed by atoms with Crippen LogP contribution in [-0.4, -0.2) is 19.8 Å². The van der Waals surface area contributed by atoms with Gasteiger partial charge in [-0.1, -0.05) is 336 Å². The Morgan fingerprint density at radius 3 is 0.926 bits per heavy atom. The second kappa shape index (κ2) is 25.6. The summed E-state index contributed by atoms with van der Waals surface area (Å²) >= 11 is 0. The minimum atomic E-state index is -0.0551. The molecule has 108 heavy (non-hydrogen) atoms. The summed E-state index contributed by atoms with van der Waals surface area (Å²) in [4.78, 5) is 5.58. The highest BCUT2D eigenvalue weighted by molar-refractivity contribution is 7.00. The SMILES string of the molecule is CC(C)(C)Cc1cc2c3c(c1)N(CCc1c(-c4ccccc4)cccc1-c1ccccc1)c1cc(Cc4cc5cccc6c7cccc8cccc(c(c4)c56)c87)ccc1B3c1ccc(Cc3cc4cccc5c6cccc7cccc(c(c3)c45)c76)cc1N2CCc1c(-c2ccccc2)cccc1-c1ccccc1. The molecule has 0 bridgehead atoms. The third kappa shape index (κ3) is 10.8. The molecule has 2 aliphatic heterocycles. The predicted octanol–water partition coefficient (Wildman–Crippen LogP) is 25.1. The highest BCUT2D eigenvalue weighted by Gasteiger charge is 2.43. The quantitative estimate of drug-likeness (QED) is 0.0573. The highest BCUT2D eigenvalue weighted by Crippen LogP contribution is 2.47. The van der Waals surface area contributed by atoms with Crippen molar-refractivity contribution >= 4 is 132 Å². The molecule has 0 amide bonds. The van der Waals surface area contributed by atoms with Gasteiger partial charge in [-0.3, -0.25) is 0 Å². The molecule has 0 spiro atoms. The van der Waals surface area contributed by atoms with Gasteiger partial charge >= 0.3 is 0 Å². The molecule has 0 saturated heterocycles. The zero-order valence-corrected chi connectivity index (χ0v) is 61.3. The molecule has 0 fully saturated rings. The largest absolute Gasteiger partial charge is 0.342 e. The number of fused-ring (bicyclic) bond motifs is 8. The first-order valence-corrected chi connectivity index (χ1v) is 38.8. The first-order chi connectivity index (χ1) is 53.2. The van der Waals surface area contributed by atoms with Crippen LogP contribution in [0.3, 0.4) is 0 Å². The Bertz CT molecular complexity index is 6230. The molecule has 512 valence electrons. The van der Waals surface area contributed by atoms with E-state index in [1.54, 1.807) is 0 Å². The molecular weight excluding hydrogens is 1300 g/mol. The number of nitrogens with zero attached hydrogens (tertiary/aromatic N) is 2. The van der Waals surface area contributed by atoms with Crippen molar-refractivity contribution < 1.29 is 0 Å². The van der Waals surface area contributed by atoms with E-state index < -0.39 is 0 Å². The Morgan fingerprint density at radius 2 is 0.574 bits per heavy atom. The maximum atomic E-state index is 2.79. The Morgan fingerprint density at radius 1 is 0.259 bits per heavy atom. The van der Waals surface area contributed by atoms with Crippen molar-refractivity contribution in [1.29, 1.82) is 0 Å². The lowest BCUT2D eigenvalue weighted by Crippen LogP contribution is -2.62. The zero-order valence-electron chi connectivity index (χ0n) is 61.3. The van der Waals surface area contributed by atoms with E-state index in [0.29, 0.717) is 0 Å². The molecule has 2 aliphatic rings. The van der Waals surface area contributed by atoms with Gasteiger partial charge in [-0.25, -0.2) is 0 Å². The van der Waals surface area contributed by atoms with Gasteiger partial charge in [0, 0.05) is 35.8 Å². The van der Waals surface area contributed by atoms with E-state index in [4.69, 9.17) is 0 Å². The maximum Gasteiger partial charge on any atom is 0.252 e. The lowest BCUT2D eigenvalue weighted by atomic mass is 9.33. The average Bonchev–Trinajstić information content (AvgIpc) is 0.715. The molecule has 0 saturated carbocycles. The smallest absolute Gasteiger partial charge is 0.252 e. The first kappa shape index (κ1) is 63.9. The van der Waals surface area contributed by atoms with Gasteiger partial charge in [-0.05, 0) is 248 Å². The Hall–Kier alpha value is -12.6. The first-order valence-electron chi connectivity index (χ1n) is 38.8. The number of anilines is 4. The van der Waals surface area contributed by atoms with E-state index in [2.05, 4.69) is 370 Å². The Balaban J connectivity index is 0.777. The van der Waals surface area contributed by atoms with Gasteiger partial charge in [0.2, 0.25) is 0 Å². The van der Waals surface area contributed by atoms with Gasteiger partial charge in [0.15, 0.2) is 0 Å². The average molecular weight is 1380 g/mol. The molecule has 19 aromatic carbocycles. The summed E-state index contributed by atoms with van der Waals surface area (Å²) in [7, 11) is 0. The maximum absolute atomic E-state index is 2.79. The number of benzene rings is 19. The molecule has 0 aromatic heterocycles. The van der Waals surface area contributed by atoms with Crippen LogP contribution in [0.2, 0.25) is 0 Å². The molecule has 0 N–H and O–H groups in total. The molecule has 2 heterocycles. The Labute approximate surface area is 632 Å². The summed E-state index contributed by atoms with van der Waals surface area (Å²) in [6, 6.07) is 130. The van der Waals surface area contributed by atoms with Crippen molar-refractivity contribution in [3.8, 4) is 44.5 Å². The molecule has 0 radical (unpaired) electrons. The summed E-state index contributed by atoms with van der Waals surface area (Å²) < 4.78 is 0. The zero-order chi connectivity index (χ0) is 71.7. The summed E-state index contributed by atoms with van der Waals surface area (Å²) in [5.41, 5.74) is 28.7. The molecule has 19 aromatic rings. The number of rotatable bonds is 15. The molecule has 0 unspecified atom stereocenters. The van der Waals surface area contributed by atoms with Crippen molar-refractivity contribution in [3.63, 3.8) is 0 Å². The summed E-state index contributed by atoms with van der Waals surface area (Å²) in [6.07, 6.45) is 4.12. The highest BCUT2D eigenvalue weighted by atomic mass is 15.2. The van der Waals surface area contributed by atoms with E-state index >= 15 is 0 Å². The van der Waals surface area contributed by atoms with E-state index in [-0.39, 0.29) is 12.1 Å². The number of hydrogen-bond acceptors (Lipinski definition) is 2. The van der Waals surface area contributed by atoms with Gasteiger partial charge in [-0.15, -0.1) is 0 Å². The number of hydrogen-bond donors (Lipinski definition) is 0. The van der Waals surface area contributed by atoms with Crippen LogP contribution < -0.4 is 26.2 Å².